The lowest BCUT2D eigenvalue weighted by Gasteiger charge is -2.34. The molecule has 5 rings (SSSR count). The van der Waals surface area contributed by atoms with E-state index in [9.17, 15) is 14.0 Å². The average molecular weight is 474 g/mol. The number of nitrogens with one attached hydrogen (secondary N) is 1. The fraction of sp³-hybridized carbons (Fsp3) is 0.321. The van der Waals surface area contributed by atoms with E-state index in [1.54, 1.807) is 11.0 Å². The Morgan fingerprint density at radius 2 is 1.94 bits per heavy atom. The predicted molar refractivity (Wildman–Crippen MR) is 132 cm³/mol. The maximum atomic E-state index is 13.8. The van der Waals surface area contributed by atoms with E-state index in [-0.39, 0.29) is 35.9 Å². The van der Waals surface area contributed by atoms with Gasteiger partial charge in [0.2, 0.25) is 5.91 Å². The van der Waals surface area contributed by atoms with E-state index in [0.29, 0.717) is 12.8 Å². The number of carbonyl (C=O) groups excluding carboxylic acids is 2. The van der Waals surface area contributed by atoms with Crippen LogP contribution < -0.4 is 10.3 Å². The number of nitrogens with zero attached hydrogens (tertiary/aromatic N) is 2. The first kappa shape index (κ1) is 23.0. The standard InChI is InChI=1S/C28H28FN3O3/c1-17-11-12-20-16-21(29)13-14-23(20)32(17)28(34)27-18(2)26-22(9-6-10-24(26)35-27)30-31-25(33)15-19-7-4-3-5-8-19/h3-5,7-8,13-14,16-17H,6,9-12,15H2,1-2H3,(H,31,33)/b30-22+. The van der Waals surface area contributed by atoms with Crippen LogP contribution in [0.5, 0.6) is 0 Å². The molecule has 0 fully saturated rings. The van der Waals surface area contributed by atoms with E-state index in [2.05, 4.69) is 10.5 Å². The Kier molecular flexibility index (Phi) is 6.24. The molecule has 1 aromatic heterocycles. The molecule has 2 heterocycles. The van der Waals surface area contributed by atoms with Gasteiger partial charge in [0.1, 0.15) is 11.6 Å². The molecule has 0 saturated carbocycles. The summed E-state index contributed by atoms with van der Waals surface area (Å²) in [4.78, 5) is 27.8. The predicted octanol–water partition coefficient (Wildman–Crippen LogP) is 5.11. The molecular weight excluding hydrogens is 445 g/mol. The summed E-state index contributed by atoms with van der Waals surface area (Å²) in [6, 6.07) is 14.0. The van der Waals surface area contributed by atoms with Gasteiger partial charge in [-0.2, -0.15) is 5.10 Å². The number of benzene rings is 2. The number of hydrogen-bond donors (Lipinski definition) is 1. The van der Waals surface area contributed by atoms with Gasteiger partial charge in [0.05, 0.1) is 12.1 Å². The van der Waals surface area contributed by atoms with Gasteiger partial charge < -0.3 is 9.32 Å². The highest BCUT2D eigenvalue weighted by Crippen LogP contribution is 2.36. The van der Waals surface area contributed by atoms with Gasteiger partial charge in [0, 0.05) is 29.3 Å². The second kappa shape index (κ2) is 9.49. The molecule has 6 nitrogen and oxygen atoms in total. The van der Waals surface area contributed by atoms with Crippen LogP contribution in [0.3, 0.4) is 0 Å². The van der Waals surface area contributed by atoms with E-state index in [0.717, 1.165) is 58.7 Å². The Hall–Kier alpha value is -3.74. The van der Waals surface area contributed by atoms with Crippen molar-refractivity contribution in [3.63, 3.8) is 0 Å². The molecule has 35 heavy (non-hydrogen) atoms. The topological polar surface area (TPSA) is 74.9 Å². The number of amides is 2. The Morgan fingerprint density at radius 1 is 1.14 bits per heavy atom. The highest BCUT2D eigenvalue weighted by Gasteiger charge is 2.35. The molecule has 7 heteroatoms. The van der Waals surface area contributed by atoms with Crippen LogP contribution in [0, 0.1) is 12.7 Å². The Morgan fingerprint density at radius 3 is 2.74 bits per heavy atom. The van der Waals surface area contributed by atoms with Gasteiger partial charge >= 0.3 is 0 Å². The van der Waals surface area contributed by atoms with E-state index in [4.69, 9.17) is 4.42 Å². The minimum Gasteiger partial charge on any atom is -0.455 e. The molecule has 0 radical (unpaired) electrons. The number of halogens is 1. The lowest BCUT2D eigenvalue weighted by atomic mass is 9.92. The summed E-state index contributed by atoms with van der Waals surface area (Å²) in [5, 5.41) is 4.42. The Labute approximate surface area is 203 Å². The molecule has 0 spiro atoms. The summed E-state index contributed by atoms with van der Waals surface area (Å²) >= 11 is 0. The van der Waals surface area contributed by atoms with Gasteiger partial charge in [-0.05, 0) is 68.9 Å². The summed E-state index contributed by atoms with van der Waals surface area (Å²) < 4.78 is 19.9. The Bertz CT molecular complexity index is 1310. The van der Waals surface area contributed by atoms with Gasteiger partial charge in [-0.3, -0.25) is 9.59 Å². The molecule has 0 bridgehead atoms. The van der Waals surface area contributed by atoms with Crippen molar-refractivity contribution in [1.29, 1.82) is 0 Å². The first-order valence-electron chi connectivity index (χ1n) is 12.1. The lowest BCUT2D eigenvalue weighted by molar-refractivity contribution is -0.120. The first-order chi connectivity index (χ1) is 16.9. The van der Waals surface area contributed by atoms with E-state index in [1.807, 2.05) is 44.2 Å². The molecule has 1 unspecified atom stereocenters. The van der Waals surface area contributed by atoms with Crippen molar-refractivity contribution in [1.82, 2.24) is 5.43 Å². The van der Waals surface area contributed by atoms with Crippen LogP contribution in [0.25, 0.3) is 0 Å². The van der Waals surface area contributed by atoms with Crippen LogP contribution in [0.1, 0.15) is 64.8 Å². The molecule has 2 amide bonds. The minimum absolute atomic E-state index is 0.0348. The van der Waals surface area contributed by atoms with Crippen molar-refractivity contribution in [2.75, 3.05) is 4.90 Å². The Balaban J connectivity index is 1.41. The fourth-order valence-electron chi connectivity index (χ4n) is 5.07. The molecule has 2 aromatic carbocycles. The van der Waals surface area contributed by atoms with Crippen LogP contribution in [-0.2, 0) is 24.1 Å². The number of hydrazone groups is 1. The van der Waals surface area contributed by atoms with E-state index >= 15 is 0 Å². The van der Waals surface area contributed by atoms with Gasteiger partial charge in [0.25, 0.3) is 5.91 Å². The van der Waals surface area contributed by atoms with Gasteiger partial charge in [-0.1, -0.05) is 30.3 Å². The van der Waals surface area contributed by atoms with Crippen molar-refractivity contribution in [3.05, 3.63) is 88.1 Å². The van der Waals surface area contributed by atoms with Gasteiger partial charge in [-0.25, -0.2) is 9.82 Å². The summed E-state index contributed by atoms with van der Waals surface area (Å²) in [7, 11) is 0. The minimum atomic E-state index is -0.300. The largest absolute Gasteiger partial charge is 0.455 e. The molecular formula is C28H28FN3O3. The van der Waals surface area contributed by atoms with Crippen LogP contribution in [0.15, 0.2) is 58.0 Å². The van der Waals surface area contributed by atoms with Crippen molar-refractivity contribution in [3.8, 4) is 0 Å². The van der Waals surface area contributed by atoms with Crippen molar-refractivity contribution in [2.24, 2.45) is 5.10 Å². The van der Waals surface area contributed by atoms with Crippen molar-refractivity contribution in [2.45, 2.75) is 58.4 Å². The second-order valence-corrected chi connectivity index (χ2v) is 9.30. The number of anilines is 1. The van der Waals surface area contributed by atoms with Crippen LogP contribution >= 0.6 is 0 Å². The van der Waals surface area contributed by atoms with Crippen LogP contribution in [0.2, 0.25) is 0 Å². The maximum absolute atomic E-state index is 13.8. The number of aryl methyl sites for hydroxylation is 2. The number of rotatable bonds is 4. The number of carbonyl (C=O) groups is 2. The third kappa shape index (κ3) is 4.50. The van der Waals surface area contributed by atoms with E-state index in [1.165, 1.54) is 12.1 Å². The normalized spacial score (nSPS) is 18.2. The number of fused-ring (bicyclic) bond motifs is 2. The number of furan rings is 1. The molecule has 3 aromatic rings. The molecule has 1 atom stereocenters. The average Bonchev–Trinajstić information content (AvgIpc) is 3.20. The fourth-order valence-corrected chi connectivity index (χ4v) is 5.07. The molecule has 2 aliphatic rings. The smallest absolute Gasteiger partial charge is 0.294 e. The number of hydrogen-bond acceptors (Lipinski definition) is 4. The molecule has 1 aliphatic carbocycles. The zero-order valence-corrected chi connectivity index (χ0v) is 19.9. The van der Waals surface area contributed by atoms with Crippen LogP contribution in [-0.4, -0.2) is 23.6 Å². The lowest BCUT2D eigenvalue weighted by Crippen LogP contribution is -2.42. The second-order valence-electron chi connectivity index (χ2n) is 9.30. The summed E-state index contributed by atoms with van der Waals surface area (Å²) in [5.41, 5.74) is 7.40. The summed E-state index contributed by atoms with van der Waals surface area (Å²) in [6.45, 7) is 3.86. The molecule has 1 N–H and O–H groups in total. The monoisotopic (exact) mass is 473 g/mol. The molecule has 0 saturated heterocycles. The summed E-state index contributed by atoms with van der Waals surface area (Å²) in [5.74, 6) is 0.274. The highest BCUT2D eigenvalue weighted by molar-refractivity contribution is 6.10. The zero-order valence-electron chi connectivity index (χ0n) is 19.9. The summed E-state index contributed by atoms with van der Waals surface area (Å²) in [6.07, 6.45) is 3.94. The molecule has 1 aliphatic heterocycles. The third-order valence-corrected chi connectivity index (χ3v) is 6.84. The van der Waals surface area contributed by atoms with Crippen molar-refractivity contribution >= 4 is 23.2 Å². The first-order valence-corrected chi connectivity index (χ1v) is 12.1. The highest BCUT2D eigenvalue weighted by atomic mass is 19.1. The van der Waals surface area contributed by atoms with Crippen LogP contribution in [0.4, 0.5) is 10.1 Å². The zero-order chi connectivity index (χ0) is 24.5. The quantitative estimate of drug-likeness (QED) is 0.535. The van der Waals surface area contributed by atoms with Gasteiger partial charge in [-0.15, -0.1) is 0 Å². The van der Waals surface area contributed by atoms with Crippen molar-refractivity contribution < 1.29 is 18.4 Å². The van der Waals surface area contributed by atoms with Gasteiger partial charge in [0.15, 0.2) is 5.76 Å². The maximum Gasteiger partial charge on any atom is 0.294 e. The van der Waals surface area contributed by atoms with E-state index < -0.39 is 0 Å². The molecule has 180 valence electrons. The third-order valence-electron chi connectivity index (χ3n) is 6.84. The SMILES string of the molecule is Cc1c(C(=O)N2c3ccc(F)cc3CCC2C)oc2c1/C(=N/NC(=O)Cc1ccccc1)CCC2.